The number of anilines is 2. The monoisotopic (exact) mass is 292 g/mol. The topological polar surface area (TPSA) is 89.2 Å². The van der Waals surface area contributed by atoms with Crippen molar-refractivity contribution in [2.24, 2.45) is 11.3 Å². The summed E-state index contributed by atoms with van der Waals surface area (Å²) in [4.78, 5) is 15.1. The van der Waals surface area contributed by atoms with E-state index in [-0.39, 0.29) is 0 Å². The van der Waals surface area contributed by atoms with Gasteiger partial charge >= 0.3 is 6.01 Å². The third-order valence-electron chi connectivity index (χ3n) is 4.78. The molecule has 7 heteroatoms. The molecule has 116 valence electrons. The van der Waals surface area contributed by atoms with Gasteiger partial charge in [0.2, 0.25) is 11.9 Å². The number of nitrogens with one attached hydrogen (secondary N) is 1. The summed E-state index contributed by atoms with van der Waals surface area (Å²) in [6.45, 7) is 4.43. The second-order valence-electron chi connectivity index (χ2n) is 6.01. The van der Waals surface area contributed by atoms with Gasteiger partial charge in [-0.15, -0.1) is 0 Å². The van der Waals surface area contributed by atoms with E-state index in [1.807, 2.05) is 6.92 Å². The molecule has 0 aromatic carbocycles. The van der Waals surface area contributed by atoms with E-state index in [1.165, 1.54) is 38.5 Å². The van der Waals surface area contributed by atoms with E-state index in [1.54, 1.807) is 0 Å². The Hall–Kier alpha value is -1.63. The first-order valence-electron chi connectivity index (χ1n) is 7.85. The van der Waals surface area contributed by atoms with Gasteiger partial charge in [-0.05, 0) is 38.0 Å². The van der Waals surface area contributed by atoms with Crippen LogP contribution in [0, 0.1) is 5.41 Å². The van der Waals surface area contributed by atoms with Crippen molar-refractivity contribution in [2.75, 3.05) is 30.0 Å². The maximum Gasteiger partial charge on any atom is 0.323 e. The molecule has 0 amide bonds. The Morgan fingerprint density at radius 3 is 2.48 bits per heavy atom. The first kappa shape index (κ1) is 14.3. The van der Waals surface area contributed by atoms with Crippen molar-refractivity contribution in [3.05, 3.63) is 0 Å². The summed E-state index contributed by atoms with van der Waals surface area (Å²) in [5, 5.41) is 0. The number of hydrogen-bond acceptors (Lipinski definition) is 7. The fourth-order valence-corrected chi connectivity index (χ4v) is 3.55. The largest absolute Gasteiger partial charge is 0.464 e. The number of nitrogen functional groups attached to an aromatic ring is 1. The molecule has 0 atom stereocenters. The van der Waals surface area contributed by atoms with E-state index in [2.05, 4.69) is 25.3 Å². The van der Waals surface area contributed by atoms with E-state index >= 15 is 0 Å². The number of nitrogens with two attached hydrogens (primary N) is 1. The van der Waals surface area contributed by atoms with Gasteiger partial charge in [0.05, 0.1) is 6.61 Å². The summed E-state index contributed by atoms with van der Waals surface area (Å²) in [7, 11) is 0. The van der Waals surface area contributed by atoms with Crippen LogP contribution < -0.4 is 20.9 Å². The predicted octanol–water partition coefficient (Wildman–Crippen LogP) is 1.72. The highest BCUT2D eigenvalue weighted by atomic mass is 16.5. The Kier molecular flexibility index (Phi) is 4.10. The SMILES string of the molecule is CCOc1nc(NN)nc(N2CCC3(CCCC3)CC2)n1. The lowest BCUT2D eigenvalue weighted by atomic mass is 9.77. The van der Waals surface area contributed by atoms with Crippen molar-refractivity contribution in [1.82, 2.24) is 15.0 Å². The number of aromatic nitrogens is 3. The first-order valence-corrected chi connectivity index (χ1v) is 7.85. The molecule has 7 nitrogen and oxygen atoms in total. The van der Waals surface area contributed by atoms with Crippen molar-refractivity contribution < 1.29 is 4.74 Å². The molecule has 1 saturated carbocycles. The smallest absolute Gasteiger partial charge is 0.323 e. The Labute approximate surface area is 125 Å². The average molecular weight is 292 g/mol. The van der Waals surface area contributed by atoms with Crippen LogP contribution in [0.15, 0.2) is 0 Å². The molecular weight excluding hydrogens is 268 g/mol. The minimum absolute atomic E-state index is 0.330. The maximum atomic E-state index is 5.43. The normalized spacial score (nSPS) is 20.8. The van der Waals surface area contributed by atoms with E-state index < -0.39 is 0 Å². The standard InChI is InChI=1S/C14H24N6O/c1-2-21-13-17-11(19-15)16-12(18-13)20-9-7-14(8-10-20)5-3-4-6-14/h2-10,15H2,1H3,(H,16,17,18,19). The highest BCUT2D eigenvalue weighted by molar-refractivity contribution is 5.38. The van der Waals surface area contributed by atoms with E-state index in [9.17, 15) is 0 Å². The van der Waals surface area contributed by atoms with Crippen LogP contribution in [0.3, 0.4) is 0 Å². The van der Waals surface area contributed by atoms with Crippen molar-refractivity contribution in [3.8, 4) is 6.01 Å². The van der Waals surface area contributed by atoms with Crippen LogP contribution in [-0.4, -0.2) is 34.6 Å². The van der Waals surface area contributed by atoms with Gasteiger partial charge in [-0.25, -0.2) is 5.84 Å². The van der Waals surface area contributed by atoms with Crippen molar-refractivity contribution >= 4 is 11.9 Å². The molecule has 1 aliphatic heterocycles. The van der Waals surface area contributed by atoms with E-state index in [0.717, 1.165) is 13.1 Å². The first-order chi connectivity index (χ1) is 10.2. The lowest BCUT2D eigenvalue weighted by Crippen LogP contribution is -2.40. The summed E-state index contributed by atoms with van der Waals surface area (Å²) in [5.74, 6) is 6.44. The fraction of sp³-hybridized carbons (Fsp3) is 0.786. The molecule has 1 spiro atoms. The van der Waals surface area contributed by atoms with Crippen LogP contribution in [0.25, 0.3) is 0 Å². The van der Waals surface area contributed by atoms with Gasteiger partial charge in [0, 0.05) is 13.1 Å². The Morgan fingerprint density at radius 1 is 1.14 bits per heavy atom. The quantitative estimate of drug-likeness (QED) is 0.645. The van der Waals surface area contributed by atoms with Crippen LogP contribution in [-0.2, 0) is 0 Å². The van der Waals surface area contributed by atoms with Gasteiger partial charge in [-0.1, -0.05) is 12.8 Å². The number of hydrogen-bond donors (Lipinski definition) is 2. The molecule has 1 saturated heterocycles. The van der Waals surface area contributed by atoms with Gasteiger partial charge in [-0.2, -0.15) is 15.0 Å². The summed E-state index contributed by atoms with van der Waals surface area (Å²) < 4.78 is 5.39. The zero-order valence-corrected chi connectivity index (χ0v) is 12.6. The van der Waals surface area contributed by atoms with Crippen molar-refractivity contribution in [2.45, 2.75) is 45.4 Å². The average Bonchev–Trinajstić information content (AvgIpc) is 2.96. The number of piperidine rings is 1. The van der Waals surface area contributed by atoms with E-state index in [4.69, 9.17) is 10.6 Å². The summed E-state index contributed by atoms with van der Waals surface area (Å²) >= 11 is 0. The molecule has 0 radical (unpaired) electrons. The van der Waals surface area contributed by atoms with Gasteiger partial charge < -0.3 is 9.64 Å². The Balaban J connectivity index is 1.73. The van der Waals surface area contributed by atoms with Crippen LogP contribution in [0.2, 0.25) is 0 Å². The molecule has 2 fully saturated rings. The van der Waals surface area contributed by atoms with Crippen LogP contribution in [0.5, 0.6) is 6.01 Å². The lowest BCUT2D eigenvalue weighted by molar-refractivity contribution is 0.225. The summed E-state index contributed by atoms with van der Waals surface area (Å²) in [6, 6.07) is 0.330. The molecule has 1 aliphatic carbocycles. The molecule has 0 unspecified atom stereocenters. The Morgan fingerprint density at radius 2 is 1.86 bits per heavy atom. The molecule has 2 heterocycles. The molecule has 0 bridgehead atoms. The van der Waals surface area contributed by atoms with Gasteiger partial charge in [-0.3, -0.25) is 5.43 Å². The van der Waals surface area contributed by atoms with Crippen LogP contribution in [0.1, 0.15) is 45.4 Å². The minimum Gasteiger partial charge on any atom is -0.464 e. The molecule has 3 rings (SSSR count). The minimum atomic E-state index is 0.330. The second kappa shape index (κ2) is 6.01. The number of nitrogens with zero attached hydrogens (tertiary/aromatic N) is 4. The predicted molar refractivity (Wildman–Crippen MR) is 81.2 cm³/mol. The zero-order valence-electron chi connectivity index (χ0n) is 12.6. The molecule has 21 heavy (non-hydrogen) atoms. The second-order valence-corrected chi connectivity index (χ2v) is 6.01. The molecule has 1 aromatic rings. The Bertz CT molecular complexity index is 478. The highest BCUT2D eigenvalue weighted by Crippen LogP contribution is 2.46. The maximum absolute atomic E-state index is 5.43. The molecule has 3 N–H and O–H groups in total. The molecule has 2 aliphatic rings. The molecule has 1 aromatic heterocycles. The van der Waals surface area contributed by atoms with Crippen molar-refractivity contribution in [1.29, 1.82) is 0 Å². The molecular formula is C14H24N6O. The van der Waals surface area contributed by atoms with Gasteiger partial charge in [0.15, 0.2) is 0 Å². The highest BCUT2D eigenvalue weighted by Gasteiger charge is 2.37. The van der Waals surface area contributed by atoms with Crippen LogP contribution in [0.4, 0.5) is 11.9 Å². The summed E-state index contributed by atoms with van der Waals surface area (Å²) in [6.07, 6.45) is 8.01. The van der Waals surface area contributed by atoms with Crippen molar-refractivity contribution in [3.63, 3.8) is 0 Å². The van der Waals surface area contributed by atoms with Gasteiger partial charge in [0.25, 0.3) is 0 Å². The van der Waals surface area contributed by atoms with E-state index in [0.29, 0.717) is 29.9 Å². The summed E-state index contributed by atoms with van der Waals surface area (Å²) in [5.41, 5.74) is 3.07. The van der Waals surface area contributed by atoms with Crippen LogP contribution >= 0.6 is 0 Å². The third-order valence-corrected chi connectivity index (χ3v) is 4.78. The number of ether oxygens (including phenoxy) is 1. The lowest BCUT2D eigenvalue weighted by Gasteiger charge is -2.39. The number of rotatable bonds is 4. The zero-order chi connectivity index (χ0) is 14.7. The fourth-order valence-electron chi connectivity index (χ4n) is 3.55. The number of hydrazine groups is 1. The van der Waals surface area contributed by atoms with Gasteiger partial charge in [0.1, 0.15) is 0 Å². The third kappa shape index (κ3) is 3.02.